The van der Waals surface area contributed by atoms with Crippen molar-refractivity contribution in [2.75, 3.05) is 10.6 Å². The molecule has 0 bridgehead atoms. The number of H-pyrrole nitrogens is 1. The molecule has 2 aromatic carbocycles. The summed E-state index contributed by atoms with van der Waals surface area (Å²) >= 11 is 7.76. The van der Waals surface area contributed by atoms with Gasteiger partial charge in [0.25, 0.3) is 5.91 Å². The van der Waals surface area contributed by atoms with Crippen molar-refractivity contribution in [2.24, 2.45) is 0 Å². The van der Waals surface area contributed by atoms with Crippen molar-refractivity contribution < 1.29 is 9.18 Å². The molecule has 0 aliphatic rings. The van der Waals surface area contributed by atoms with Gasteiger partial charge in [0.15, 0.2) is 5.01 Å². The number of fused-ring (bicyclic) bond motifs is 1. The molecule has 0 aliphatic heterocycles. The van der Waals surface area contributed by atoms with Crippen molar-refractivity contribution >= 4 is 56.3 Å². The summed E-state index contributed by atoms with van der Waals surface area (Å²) in [5.41, 5.74) is 3.02. The number of carbonyl (C=O) groups is 1. The number of halogens is 2. The van der Waals surface area contributed by atoms with Crippen LogP contribution < -0.4 is 10.6 Å². The Morgan fingerprint density at radius 1 is 1.06 bits per heavy atom. The standard InChI is InChI=1S/C21H13ClFN7OS/c22-18-15-10-25-28-16(15)5-6-17(18)27-21-30-29-20(32-21)12-7-14(9-24-8-12)26-19(31)11-1-3-13(23)4-2-11/h1-10H,(H,25,28)(H,26,31)(H,27,30). The van der Waals surface area contributed by atoms with E-state index >= 15 is 0 Å². The van der Waals surface area contributed by atoms with Gasteiger partial charge in [-0.15, -0.1) is 10.2 Å². The predicted molar refractivity (Wildman–Crippen MR) is 122 cm³/mol. The van der Waals surface area contributed by atoms with Gasteiger partial charge < -0.3 is 10.6 Å². The van der Waals surface area contributed by atoms with Gasteiger partial charge in [0.1, 0.15) is 5.82 Å². The number of amides is 1. The Morgan fingerprint density at radius 2 is 1.91 bits per heavy atom. The molecule has 5 aromatic rings. The van der Waals surface area contributed by atoms with Crippen LogP contribution in [0.15, 0.2) is 61.1 Å². The van der Waals surface area contributed by atoms with E-state index in [1.807, 2.05) is 12.1 Å². The van der Waals surface area contributed by atoms with E-state index in [0.29, 0.717) is 37.7 Å². The van der Waals surface area contributed by atoms with Gasteiger partial charge in [-0.2, -0.15) is 5.10 Å². The Hall–Kier alpha value is -3.89. The Bertz CT molecular complexity index is 1430. The highest BCUT2D eigenvalue weighted by Gasteiger charge is 2.13. The van der Waals surface area contributed by atoms with Crippen molar-refractivity contribution in [3.8, 4) is 10.6 Å². The third-order valence-electron chi connectivity index (χ3n) is 4.57. The van der Waals surface area contributed by atoms with Crippen molar-refractivity contribution in [1.29, 1.82) is 0 Å². The first-order valence-electron chi connectivity index (χ1n) is 9.31. The molecule has 8 nitrogen and oxygen atoms in total. The zero-order chi connectivity index (χ0) is 22.1. The molecule has 0 fully saturated rings. The van der Waals surface area contributed by atoms with Gasteiger partial charge in [0.2, 0.25) is 5.13 Å². The van der Waals surface area contributed by atoms with Crippen molar-refractivity contribution in [3.63, 3.8) is 0 Å². The van der Waals surface area contributed by atoms with E-state index in [1.54, 1.807) is 18.5 Å². The average Bonchev–Trinajstić information content (AvgIpc) is 3.46. The van der Waals surface area contributed by atoms with Crippen LogP contribution in [-0.2, 0) is 0 Å². The number of hydrogen-bond acceptors (Lipinski definition) is 7. The molecule has 0 saturated carbocycles. The third-order valence-corrected chi connectivity index (χ3v) is 5.87. The molecule has 11 heteroatoms. The van der Waals surface area contributed by atoms with Crippen LogP contribution in [0.2, 0.25) is 5.02 Å². The summed E-state index contributed by atoms with van der Waals surface area (Å²) < 4.78 is 13.1. The Morgan fingerprint density at radius 3 is 2.75 bits per heavy atom. The molecule has 158 valence electrons. The van der Waals surface area contributed by atoms with E-state index in [2.05, 4.69) is 36.0 Å². The second-order valence-corrected chi connectivity index (χ2v) is 8.07. The Kier molecular flexibility index (Phi) is 5.21. The van der Waals surface area contributed by atoms with Crippen LogP contribution in [0.3, 0.4) is 0 Å². The predicted octanol–water partition coefficient (Wildman–Crippen LogP) is 5.26. The summed E-state index contributed by atoms with van der Waals surface area (Å²) in [7, 11) is 0. The molecular formula is C21H13ClFN7OS. The minimum absolute atomic E-state index is 0.339. The Balaban J connectivity index is 1.34. The van der Waals surface area contributed by atoms with Crippen LogP contribution in [0.5, 0.6) is 0 Å². The first kappa shape index (κ1) is 20.0. The van der Waals surface area contributed by atoms with Crippen LogP contribution in [0, 0.1) is 5.82 Å². The lowest BCUT2D eigenvalue weighted by Crippen LogP contribution is -2.12. The largest absolute Gasteiger partial charge is 0.329 e. The van der Waals surface area contributed by atoms with Gasteiger partial charge in [-0.1, -0.05) is 22.9 Å². The highest BCUT2D eigenvalue weighted by atomic mass is 35.5. The third kappa shape index (κ3) is 4.01. The number of aromatic amines is 1. The Labute approximate surface area is 189 Å². The lowest BCUT2D eigenvalue weighted by molar-refractivity contribution is 0.102. The molecule has 0 spiro atoms. The number of hydrogen-bond donors (Lipinski definition) is 3. The van der Waals surface area contributed by atoms with Crippen LogP contribution in [-0.4, -0.2) is 31.3 Å². The SMILES string of the molecule is O=C(Nc1cncc(-c2nnc(Nc3ccc4[nH]ncc4c3Cl)s2)c1)c1ccc(F)cc1. The van der Waals surface area contributed by atoms with Gasteiger partial charge >= 0.3 is 0 Å². The van der Waals surface area contributed by atoms with Gasteiger partial charge in [0, 0.05) is 22.7 Å². The topological polar surface area (TPSA) is 108 Å². The van der Waals surface area contributed by atoms with Crippen LogP contribution in [0.25, 0.3) is 21.5 Å². The first-order chi connectivity index (χ1) is 15.6. The van der Waals surface area contributed by atoms with Gasteiger partial charge in [-0.05, 0) is 42.5 Å². The lowest BCUT2D eigenvalue weighted by Gasteiger charge is -2.06. The summed E-state index contributed by atoms with van der Waals surface area (Å²) in [6.45, 7) is 0. The van der Waals surface area contributed by atoms with E-state index in [9.17, 15) is 9.18 Å². The number of anilines is 3. The zero-order valence-electron chi connectivity index (χ0n) is 16.1. The summed E-state index contributed by atoms with van der Waals surface area (Å²) in [5, 5.41) is 23.6. The second kappa shape index (κ2) is 8.33. The maximum atomic E-state index is 13.1. The fourth-order valence-electron chi connectivity index (χ4n) is 3.01. The molecule has 1 amide bonds. The van der Waals surface area contributed by atoms with Gasteiger partial charge in [-0.3, -0.25) is 14.9 Å². The fourth-order valence-corrected chi connectivity index (χ4v) is 4.01. The number of nitrogens with zero attached hydrogens (tertiary/aromatic N) is 4. The molecule has 3 heterocycles. The summed E-state index contributed by atoms with van der Waals surface area (Å²) in [6.07, 6.45) is 4.80. The molecule has 0 radical (unpaired) electrons. The van der Waals surface area contributed by atoms with E-state index in [0.717, 1.165) is 10.9 Å². The maximum Gasteiger partial charge on any atom is 0.255 e. The van der Waals surface area contributed by atoms with E-state index in [-0.39, 0.29) is 5.91 Å². The zero-order valence-corrected chi connectivity index (χ0v) is 17.7. The number of rotatable bonds is 5. The molecule has 0 unspecified atom stereocenters. The quantitative estimate of drug-likeness (QED) is 0.326. The summed E-state index contributed by atoms with van der Waals surface area (Å²) in [4.78, 5) is 16.5. The van der Waals surface area contributed by atoms with Crippen LogP contribution >= 0.6 is 22.9 Å². The van der Waals surface area contributed by atoms with E-state index in [1.165, 1.54) is 41.8 Å². The highest BCUT2D eigenvalue weighted by molar-refractivity contribution is 7.18. The average molecular weight is 466 g/mol. The lowest BCUT2D eigenvalue weighted by atomic mass is 10.2. The van der Waals surface area contributed by atoms with Gasteiger partial charge in [0.05, 0.1) is 34.3 Å². The normalized spacial score (nSPS) is 10.9. The minimum Gasteiger partial charge on any atom is -0.329 e. The molecule has 0 aliphatic carbocycles. The van der Waals surface area contributed by atoms with Crippen LogP contribution in [0.1, 0.15) is 10.4 Å². The van der Waals surface area contributed by atoms with Crippen molar-refractivity contribution in [2.45, 2.75) is 0 Å². The van der Waals surface area contributed by atoms with Crippen molar-refractivity contribution in [1.82, 2.24) is 25.4 Å². The minimum atomic E-state index is -0.406. The number of aromatic nitrogens is 5. The molecule has 0 saturated heterocycles. The molecule has 32 heavy (non-hydrogen) atoms. The van der Waals surface area contributed by atoms with Crippen LogP contribution in [0.4, 0.5) is 20.9 Å². The first-order valence-corrected chi connectivity index (χ1v) is 10.5. The van der Waals surface area contributed by atoms with Crippen molar-refractivity contribution in [3.05, 3.63) is 77.5 Å². The number of benzene rings is 2. The summed E-state index contributed by atoms with van der Waals surface area (Å²) in [6, 6.07) is 10.7. The van der Waals surface area contributed by atoms with Gasteiger partial charge in [-0.25, -0.2) is 4.39 Å². The number of pyridine rings is 1. The highest BCUT2D eigenvalue weighted by Crippen LogP contribution is 2.34. The summed E-state index contributed by atoms with van der Waals surface area (Å²) in [5.74, 6) is -0.773. The number of carbonyl (C=O) groups excluding carboxylic acids is 1. The monoisotopic (exact) mass is 465 g/mol. The molecule has 0 atom stereocenters. The van der Waals surface area contributed by atoms with E-state index in [4.69, 9.17) is 11.6 Å². The number of nitrogens with one attached hydrogen (secondary N) is 3. The smallest absolute Gasteiger partial charge is 0.255 e. The maximum absolute atomic E-state index is 13.1. The second-order valence-electron chi connectivity index (χ2n) is 6.72. The fraction of sp³-hybridized carbons (Fsp3) is 0. The molecule has 3 N–H and O–H groups in total. The van der Waals surface area contributed by atoms with E-state index < -0.39 is 5.82 Å². The molecular weight excluding hydrogens is 453 g/mol. The molecule has 5 rings (SSSR count). The molecule has 3 aromatic heterocycles.